The fraction of sp³-hybridized carbons (Fsp3) is 0.118. The van der Waals surface area contributed by atoms with E-state index in [0.717, 1.165) is 28.5 Å². The minimum atomic E-state index is -0.947. The van der Waals surface area contributed by atoms with Gasteiger partial charge in [0.1, 0.15) is 12.4 Å². The first-order valence-electron chi connectivity index (χ1n) is 6.33. The highest BCUT2D eigenvalue weighted by Gasteiger charge is 1.99. The molecule has 2 rings (SSSR count). The number of aliphatic carboxylic acids is 1. The van der Waals surface area contributed by atoms with Gasteiger partial charge in [0.05, 0.1) is 0 Å². The summed E-state index contributed by atoms with van der Waals surface area (Å²) in [5, 5.41) is 8.56. The molecule has 0 amide bonds. The number of para-hydroxylation sites is 1. The van der Waals surface area contributed by atoms with Crippen LogP contribution in [0.3, 0.4) is 0 Å². The molecule has 0 saturated heterocycles. The van der Waals surface area contributed by atoms with Crippen molar-refractivity contribution in [3.05, 3.63) is 71.3 Å². The molecule has 0 atom stereocenters. The Morgan fingerprint density at radius 2 is 1.85 bits per heavy atom. The third-order valence-corrected chi connectivity index (χ3v) is 2.89. The first-order chi connectivity index (χ1) is 9.65. The molecule has 0 radical (unpaired) electrons. The van der Waals surface area contributed by atoms with Gasteiger partial charge in [0.2, 0.25) is 0 Å². The first-order valence-corrected chi connectivity index (χ1v) is 6.33. The second kappa shape index (κ2) is 6.57. The number of carboxylic acid groups (broad SMARTS) is 1. The van der Waals surface area contributed by atoms with Crippen LogP contribution in [0.2, 0.25) is 0 Å². The highest BCUT2D eigenvalue weighted by atomic mass is 16.5. The van der Waals surface area contributed by atoms with Gasteiger partial charge in [-0.25, -0.2) is 4.79 Å². The van der Waals surface area contributed by atoms with Crippen LogP contribution in [-0.2, 0) is 11.4 Å². The van der Waals surface area contributed by atoms with Crippen molar-refractivity contribution in [2.75, 3.05) is 0 Å². The van der Waals surface area contributed by atoms with Crippen molar-refractivity contribution in [3.63, 3.8) is 0 Å². The first kappa shape index (κ1) is 13.9. The summed E-state index contributed by atoms with van der Waals surface area (Å²) in [6, 6.07) is 15.5. The van der Waals surface area contributed by atoms with Gasteiger partial charge >= 0.3 is 5.97 Å². The maximum Gasteiger partial charge on any atom is 0.328 e. The molecule has 0 aliphatic carbocycles. The van der Waals surface area contributed by atoms with Crippen LogP contribution in [0.5, 0.6) is 5.75 Å². The Hall–Kier alpha value is -2.55. The van der Waals surface area contributed by atoms with Crippen molar-refractivity contribution in [1.82, 2.24) is 0 Å². The Morgan fingerprint density at radius 3 is 2.50 bits per heavy atom. The maximum atomic E-state index is 10.4. The summed E-state index contributed by atoms with van der Waals surface area (Å²) in [4.78, 5) is 10.4. The summed E-state index contributed by atoms with van der Waals surface area (Å²) in [6.45, 7) is 2.50. The quantitative estimate of drug-likeness (QED) is 0.841. The molecule has 0 unspecified atom stereocenters. The predicted octanol–water partition coefficient (Wildman–Crippen LogP) is 3.67. The molecule has 2 aromatic carbocycles. The van der Waals surface area contributed by atoms with E-state index in [1.807, 2.05) is 55.5 Å². The average molecular weight is 268 g/mol. The Bertz CT molecular complexity index is 612. The van der Waals surface area contributed by atoms with E-state index in [1.165, 1.54) is 0 Å². The molecule has 0 aliphatic rings. The number of rotatable bonds is 5. The monoisotopic (exact) mass is 268 g/mol. The van der Waals surface area contributed by atoms with E-state index in [1.54, 1.807) is 6.08 Å². The molecule has 2 aromatic rings. The molecule has 102 valence electrons. The minimum absolute atomic E-state index is 0.494. The number of aryl methyl sites for hydroxylation is 1. The summed E-state index contributed by atoms with van der Waals surface area (Å²) >= 11 is 0. The third kappa shape index (κ3) is 3.99. The molecule has 0 heterocycles. The largest absolute Gasteiger partial charge is 0.489 e. The van der Waals surface area contributed by atoms with Gasteiger partial charge in [-0.3, -0.25) is 0 Å². The number of hydrogen-bond acceptors (Lipinski definition) is 2. The smallest absolute Gasteiger partial charge is 0.328 e. The summed E-state index contributed by atoms with van der Waals surface area (Å²) < 4.78 is 5.75. The van der Waals surface area contributed by atoms with Gasteiger partial charge in [-0.05, 0) is 35.8 Å². The van der Waals surface area contributed by atoms with Crippen LogP contribution in [-0.4, -0.2) is 11.1 Å². The lowest BCUT2D eigenvalue weighted by atomic mass is 10.1. The van der Waals surface area contributed by atoms with Crippen LogP contribution in [0.15, 0.2) is 54.6 Å². The van der Waals surface area contributed by atoms with Gasteiger partial charge in [0.25, 0.3) is 0 Å². The third-order valence-electron chi connectivity index (χ3n) is 2.89. The Balaban J connectivity index is 1.97. The van der Waals surface area contributed by atoms with Crippen LogP contribution in [0.1, 0.15) is 16.7 Å². The zero-order chi connectivity index (χ0) is 14.4. The lowest BCUT2D eigenvalue weighted by Gasteiger charge is -2.08. The molecule has 0 bridgehead atoms. The van der Waals surface area contributed by atoms with Crippen molar-refractivity contribution in [1.29, 1.82) is 0 Å². The van der Waals surface area contributed by atoms with Crippen molar-refractivity contribution in [3.8, 4) is 5.75 Å². The number of hydrogen-bond donors (Lipinski definition) is 1. The Kier molecular flexibility index (Phi) is 4.56. The minimum Gasteiger partial charge on any atom is -0.489 e. The van der Waals surface area contributed by atoms with Gasteiger partial charge < -0.3 is 9.84 Å². The number of carboxylic acids is 1. The zero-order valence-corrected chi connectivity index (χ0v) is 11.2. The fourth-order valence-corrected chi connectivity index (χ4v) is 1.77. The summed E-state index contributed by atoms with van der Waals surface area (Å²) in [7, 11) is 0. The standard InChI is InChI=1S/C17H16O3/c1-13-4-2-3-5-16(13)20-12-15-8-6-14(7-9-15)10-11-17(18)19/h2-11H,12H2,1H3,(H,18,19). The molecule has 0 aromatic heterocycles. The van der Waals surface area contributed by atoms with Crippen molar-refractivity contribution in [2.45, 2.75) is 13.5 Å². The fourth-order valence-electron chi connectivity index (χ4n) is 1.77. The highest BCUT2D eigenvalue weighted by Crippen LogP contribution is 2.18. The van der Waals surface area contributed by atoms with Gasteiger partial charge in [-0.1, -0.05) is 42.5 Å². The number of ether oxygens (including phenoxy) is 1. The summed E-state index contributed by atoms with van der Waals surface area (Å²) in [5.74, 6) is -0.0701. The topological polar surface area (TPSA) is 46.5 Å². The van der Waals surface area contributed by atoms with Crippen molar-refractivity contribution in [2.24, 2.45) is 0 Å². The van der Waals surface area contributed by atoms with E-state index in [-0.39, 0.29) is 0 Å². The van der Waals surface area contributed by atoms with Crippen molar-refractivity contribution >= 4 is 12.0 Å². The molecule has 20 heavy (non-hydrogen) atoms. The van der Waals surface area contributed by atoms with E-state index in [0.29, 0.717) is 6.61 Å². The zero-order valence-electron chi connectivity index (χ0n) is 11.2. The lowest BCUT2D eigenvalue weighted by molar-refractivity contribution is -0.131. The van der Waals surface area contributed by atoms with Gasteiger partial charge in [-0.15, -0.1) is 0 Å². The lowest BCUT2D eigenvalue weighted by Crippen LogP contribution is -1.96. The van der Waals surface area contributed by atoms with Crippen molar-refractivity contribution < 1.29 is 14.6 Å². The van der Waals surface area contributed by atoms with E-state index < -0.39 is 5.97 Å². The highest BCUT2D eigenvalue weighted by molar-refractivity contribution is 5.85. The van der Waals surface area contributed by atoms with Crippen LogP contribution < -0.4 is 4.74 Å². The van der Waals surface area contributed by atoms with Crippen LogP contribution >= 0.6 is 0 Å². The SMILES string of the molecule is Cc1ccccc1OCc1ccc(C=CC(=O)O)cc1. The van der Waals surface area contributed by atoms with Crippen LogP contribution in [0.4, 0.5) is 0 Å². The van der Waals surface area contributed by atoms with E-state index >= 15 is 0 Å². The molecule has 1 N–H and O–H groups in total. The van der Waals surface area contributed by atoms with Crippen LogP contribution in [0, 0.1) is 6.92 Å². The summed E-state index contributed by atoms with van der Waals surface area (Å²) in [6.07, 6.45) is 2.69. The molecule has 0 spiro atoms. The van der Waals surface area contributed by atoms with E-state index in [9.17, 15) is 4.79 Å². The number of carbonyl (C=O) groups is 1. The molecular formula is C17H16O3. The number of benzene rings is 2. The molecule has 0 aliphatic heterocycles. The van der Waals surface area contributed by atoms with Crippen LogP contribution in [0.25, 0.3) is 6.08 Å². The molecule has 3 heteroatoms. The average Bonchev–Trinajstić information content (AvgIpc) is 2.45. The maximum absolute atomic E-state index is 10.4. The molecule has 0 fully saturated rings. The molecule has 3 nitrogen and oxygen atoms in total. The predicted molar refractivity (Wildman–Crippen MR) is 78.6 cm³/mol. The Labute approximate surface area is 118 Å². The van der Waals surface area contributed by atoms with E-state index in [2.05, 4.69) is 0 Å². The molecular weight excluding hydrogens is 252 g/mol. The second-order valence-electron chi connectivity index (χ2n) is 4.47. The van der Waals surface area contributed by atoms with Gasteiger partial charge in [-0.2, -0.15) is 0 Å². The molecule has 0 saturated carbocycles. The normalized spacial score (nSPS) is 10.7. The Morgan fingerprint density at radius 1 is 1.15 bits per heavy atom. The second-order valence-corrected chi connectivity index (χ2v) is 4.47. The van der Waals surface area contributed by atoms with Gasteiger partial charge in [0.15, 0.2) is 0 Å². The van der Waals surface area contributed by atoms with E-state index in [4.69, 9.17) is 9.84 Å². The van der Waals surface area contributed by atoms with Gasteiger partial charge in [0, 0.05) is 6.08 Å². The summed E-state index contributed by atoms with van der Waals surface area (Å²) in [5.41, 5.74) is 3.00.